The number of benzene rings is 1. The molecular weight excluding hydrogens is 308 g/mol. The maximum absolute atomic E-state index is 12.2. The summed E-state index contributed by atoms with van der Waals surface area (Å²) in [5.74, 6) is -0.0913. The van der Waals surface area contributed by atoms with Crippen LogP contribution in [-0.4, -0.2) is 33.0 Å². The number of fused-ring (bicyclic) bond motifs is 1. The summed E-state index contributed by atoms with van der Waals surface area (Å²) >= 11 is 6.21. The van der Waals surface area contributed by atoms with Gasteiger partial charge < -0.3 is 15.2 Å². The molecule has 1 aromatic heterocycles. The number of allylic oxidation sites excluding steroid dienone is 1. The Bertz CT molecular complexity index is 784. The third-order valence-corrected chi connectivity index (χ3v) is 3.91. The minimum Gasteiger partial charge on any atom is -0.506 e. The zero-order chi connectivity index (χ0) is 15.9. The number of aromatic nitrogens is 3. The molecule has 0 radical (unpaired) electrons. The Labute approximate surface area is 131 Å². The predicted octanol–water partition coefficient (Wildman–Crippen LogP) is 2.10. The highest BCUT2D eigenvalue weighted by Gasteiger charge is 2.35. The van der Waals surface area contributed by atoms with Gasteiger partial charge in [-0.1, -0.05) is 23.7 Å². The average molecular weight is 321 g/mol. The molecule has 22 heavy (non-hydrogen) atoms. The van der Waals surface area contributed by atoms with Crippen LogP contribution in [-0.2, 0) is 9.53 Å². The number of hydrogen-bond donors (Lipinski definition) is 2. The number of esters is 1. The van der Waals surface area contributed by atoms with Gasteiger partial charge in [0.05, 0.1) is 17.7 Å². The summed E-state index contributed by atoms with van der Waals surface area (Å²) in [6, 6.07) is 4.22. The number of hydrogen-bond acceptors (Lipinski definition) is 6. The number of halogens is 1. The standard InChI is InChI=1S/C14H13ClN4O3/c1-7-10(13(21)22-2)12(19-14(18-7)16-6-17-19)8-4-3-5-9(20)11(8)15/h3-6,12,20H,1-2H3,(H,16,17,18)/t12-/m0/s1. The van der Waals surface area contributed by atoms with Gasteiger partial charge in [0.15, 0.2) is 0 Å². The number of nitrogens with one attached hydrogen (secondary N) is 1. The van der Waals surface area contributed by atoms with E-state index in [1.165, 1.54) is 24.2 Å². The normalized spacial score (nSPS) is 17.0. The van der Waals surface area contributed by atoms with Crippen LogP contribution in [0.5, 0.6) is 5.75 Å². The van der Waals surface area contributed by atoms with Crippen LogP contribution >= 0.6 is 11.6 Å². The predicted molar refractivity (Wildman–Crippen MR) is 79.6 cm³/mol. The first-order chi connectivity index (χ1) is 10.5. The van der Waals surface area contributed by atoms with E-state index in [1.807, 2.05) is 0 Å². The van der Waals surface area contributed by atoms with E-state index in [0.29, 0.717) is 22.8 Å². The summed E-state index contributed by atoms with van der Waals surface area (Å²) in [6.45, 7) is 1.74. The third kappa shape index (κ3) is 2.10. The first kappa shape index (κ1) is 14.4. The quantitative estimate of drug-likeness (QED) is 0.824. The van der Waals surface area contributed by atoms with E-state index in [4.69, 9.17) is 16.3 Å². The Morgan fingerprint density at radius 1 is 1.50 bits per heavy atom. The van der Waals surface area contributed by atoms with Crippen molar-refractivity contribution in [2.75, 3.05) is 12.4 Å². The largest absolute Gasteiger partial charge is 0.506 e. The minimum absolute atomic E-state index is 0.0683. The van der Waals surface area contributed by atoms with Gasteiger partial charge in [0.1, 0.15) is 18.1 Å². The van der Waals surface area contributed by atoms with E-state index >= 15 is 0 Å². The minimum atomic E-state index is -0.634. The van der Waals surface area contributed by atoms with Gasteiger partial charge in [0, 0.05) is 11.3 Å². The van der Waals surface area contributed by atoms with Gasteiger partial charge in [-0.2, -0.15) is 10.1 Å². The molecule has 0 spiro atoms. The molecule has 1 atom stereocenters. The van der Waals surface area contributed by atoms with Crippen LogP contribution in [0.4, 0.5) is 5.95 Å². The van der Waals surface area contributed by atoms with Crippen molar-refractivity contribution in [3.05, 3.63) is 46.4 Å². The molecule has 0 fully saturated rings. The van der Waals surface area contributed by atoms with Crippen molar-refractivity contribution in [3.63, 3.8) is 0 Å². The molecule has 1 aliphatic heterocycles. The van der Waals surface area contributed by atoms with E-state index < -0.39 is 12.0 Å². The number of carbonyl (C=O) groups is 1. The molecular formula is C14H13ClN4O3. The van der Waals surface area contributed by atoms with Gasteiger partial charge in [-0.05, 0) is 13.0 Å². The second-order valence-electron chi connectivity index (χ2n) is 4.77. The fourth-order valence-corrected chi connectivity index (χ4v) is 2.73. The number of nitrogens with zero attached hydrogens (tertiary/aromatic N) is 3. The summed E-state index contributed by atoms with van der Waals surface area (Å²) in [7, 11) is 1.31. The van der Waals surface area contributed by atoms with Crippen molar-refractivity contribution in [1.82, 2.24) is 14.8 Å². The molecule has 1 aliphatic rings. The maximum Gasteiger partial charge on any atom is 0.338 e. The van der Waals surface area contributed by atoms with Gasteiger partial charge >= 0.3 is 5.97 Å². The topological polar surface area (TPSA) is 89.3 Å². The van der Waals surface area contributed by atoms with Crippen LogP contribution in [0.25, 0.3) is 0 Å². The van der Waals surface area contributed by atoms with Crippen LogP contribution in [0, 0.1) is 0 Å². The number of carbonyl (C=O) groups excluding carboxylic acids is 1. The molecule has 0 aliphatic carbocycles. The molecule has 0 saturated carbocycles. The van der Waals surface area contributed by atoms with Gasteiger partial charge in [-0.15, -0.1) is 0 Å². The molecule has 8 heteroatoms. The highest BCUT2D eigenvalue weighted by Crippen LogP contribution is 2.40. The molecule has 2 heterocycles. The summed E-state index contributed by atoms with van der Waals surface area (Å²) in [5.41, 5.74) is 1.49. The summed E-state index contributed by atoms with van der Waals surface area (Å²) in [6.07, 6.45) is 1.37. The van der Waals surface area contributed by atoms with E-state index in [0.717, 1.165) is 0 Å². The SMILES string of the molecule is COC(=O)C1=C(C)Nc2ncnn2[C@H]1c1cccc(O)c1Cl. The molecule has 1 aromatic carbocycles. The smallest absolute Gasteiger partial charge is 0.338 e. The van der Waals surface area contributed by atoms with E-state index in [1.54, 1.807) is 19.1 Å². The number of rotatable bonds is 2. The summed E-state index contributed by atoms with van der Waals surface area (Å²) in [5, 5.41) is 17.2. The molecule has 0 bridgehead atoms. The molecule has 114 valence electrons. The van der Waals surface area contributed by atoms with Gasteiger partial charge in [-0.3, -0.25) is 0 Å². The third-order valence-electron chi connectivity index (χ3n) is 3.50. The van der Waals surface area contributed by atoms with Crippen molar-refractivity contribution in [2.24, 2.45) is 0 Å². The number of methoxy groups -OCH3 is 1. The van der Waals surface area contributed by atoms with Crippen molar-refractivity contribution < 1.29 is 14.6 Å². The van der Waals surface area contributed by atoms with Crippen molar-refractivity contribution >= 4 is 23.5 Å². The second-order valence-corrected chi connectivity index (χ2v) is 5.14. The highest BCUT2D eigenvalue weighted by atomic mass is 35.5. The maximum atomic E-state index is 12.2. The van der Waals surface area contributed by atoms with Gasteiger partial charge in [0.25, 0.3) is 0 Å². The van der Waals surface area contributed by atoms with Crippen molar-refractivity contribution in [3.8, 4) is 5.75 Å². The Kier molecular flexibility index (Phi) is 3.50. The summed E-state index contributed by atoms with van der Waals surface area (Å²) < 4.78 is 6.40. The Balaban J connectivity index is 2.25. The lowest BCUT2D eigenvalue weighted by Crippen LogP contribution is -2.29. The Morgan fingerprint density at radius 3 is 3.00 bits per heavy atom. The van der Waals surface area contributed by atoms with E-state index in [2.05, 4.69) is 15.4 Å². The number of aromatic hydroxyl groups is 1. The Hall–Kier alpha value is -2.54. The van der Waals surface area contributed by atoms with E-state index in [-0.39, 0.29) is 10.8 Å². The fourth-order valence-electron chi connectivity index (χ4n) is 2.50. The van der Waals surface area contributed by atoms with Crippen LogP contribution in [0.3, 0.4) is 0 Å². The van der Waals surface area contributed by atoms with Crippen LogP contribution < -0.4 is 5.32 Å². The lowest BCUT2D eigenvalue weighted by molar-refractivity contribution is -0.136. The zero-order valence-electron chi connectivity index (χ0n) is 11.9. The van der Waals surface area contributed by atoms with Gasteiger partial charge in [-0.25, -0.2) is 9.48 Å². The average Bonchev–Trinajstić information content (AvgIpc) is 2.96. The number of anilines is 1. The van der Waals surface area contributed by atoms with Crippen LogP contribution in [0.2, 0.25) is 5.02 Å². The molecule has 3 rings (SSSR count). The Morgan fingerprint density at radius 2 is 2.27 bits per heavy atom. The molecule has 2 aromatic rings. The monoisotopic (exact) mass is 320 g/mol. The summed E-state index contributed by atoms with van der Waals surface area (Å²) in [4.78, 5) is 16.3. The lowest BCUT2D eigenvalue weighted by Gasteiger charge is -2.28. The van der Waals surface area contributed by atoms with Gasteiger partial charge in [0.2, 0.25) is 5.95 Å². The first-order valence-electron chi connectivity index (χ1n) is 6.47. The highest BCUT2D eigenvalue weighted by molar-refractivity contribution is 6.33. The molecule has 0 unspecified atom stereocenters. The molecule has 0 saturated heterocycles. The fraction of sp³-hybridized carbons (Fsp3) is 0.214. The molecule has 0 amide bonds. The van der Waals surface area contributed by atoms with Crippen LogP contribution in [0.15, 0.2) is 35.8 Å². The molecule has 7 nitrogen and oxygen atoms in total. The molecule has 2 N–H and O–H groups in total. The van der Waals surface area contributed by atoms with Crippen molar-refractivity contribution in [1.29, 1.82) is 0 Å². The first-order valence-corrected chi connectivity index (χ1v) is 6.85. The van der Waals surface area contributed by atoms with Crippen molar-refractivity contribution in [2.45, 2.75) is 13.0 Å². The van der Waals surface area contributed by atoms with Crippen LogP contribution in [0.1, 0.15) is 18.5 Å². The number of phenols is 1. The zero-order valence-corrected chi connectivity index (χ0v) is 12.6. The second kappa shape index (κ2) is 5.34. The lowest BCUT2D eigenvalue weighted by atomic mass is 9.95. The van der Waals surface area contributed by atoms with E-state index in [9.17, 15) is 9.90 Å². The number of phenolic OH excluding ortho intramolecular Hbond substituents is 1. The number of ether oxygens (including phenoxy) is 1.